The van der Waals surface area contributed by atoms with Crippen molar-refractivity contribution in [3.05, 3.63) is 53.6 Å². The van der Waals surface area contributed by atoms with Gasteiger partial charge in [-0.25, -0.2) is 13.6 Å². The van der Waals surface area contributed by atoms with Crippen molar-refractivity contribution in [1.29, 1.82) is 0 Å². The standard InChI is InChI=1S/C21H24N4O5S2/c1-14(15-6-9-17(10-7-15)31(22,27)28)23-21(26)16-8-11-18-19(13-16)32(29,30)24-20-5-3-2-4-12-25(18)20/h6-11,13-14H,2-5,12H2,1H3,(H,23,26)(H2,22,27,28)/t14-/m0/s1. The number of fused-ring (bicyclic) bond motifs is 3. The third-order valence-electron chi connectivity index (χ3n) is 5.67. The van der Waals surface area contributed by atoms with Gasteiger partial charge in [0, 0.05) is 18.5 Å². The summed E-state index contributed by atoms with van der Waals surface area (Å²) in [5, 5.41) is 7.91. The Balaban J connectivity index is 1.57. The van der Waals surface area contributed by atoms with E-state index in [-0.39, 0.29) is 15.4 Å². The van der Waals surface area contributed by atoms with Crippen molar-refractivity contribution >= 4 is 37.5 Å². The number of benzene rings is 2. The molecule has 1 saturated heterocycles. The predicted molar refractivity (Wildman–Crippen MR) is 121 cm³/mol. The first-order valence-electron chi connectivity index (χ1n) is 10.3. The molecule has 0 spiro atoms. The lowest BCUT2D eigenvalue weighted by atomic mass is 10.1. The molecule has 2 aliphatic heterocycles. The zero-order valence-electron chi connectivity index (χ0n) is 17.5. The summed E-state index contributed by atoms with van der Waals surface area (Å²) in [4.78, 5) is 14.8. The van der Waals surface area contributed by atoms with Gasteiger partial charge in [-0.1, -0.05) is 18.6 Å². The van der Waals surface area contributed by atoms with Crippen LogP contribution in [0.25, 0.3) is 0 Å². The quantitative estimate of drug-likeness (QED) is 0.694. The average Bonchev–Trinajstić information content (AvgIpc) is 2.97. The number of carbonyl (C=O) groups is 1. The smallest absolute Gasteiger partial charge is 0.286 e. The molecule has 0 aromatic heterocycles. The monoisotopic (exact) mass is 476 g/mol. The molecule has 2 aromatic rings. The highest BCUT2D eigenvalue weighted by molar-refractivity contribution is 7.90. The van der Waals surface area contributed by atoms with Gasteiger partial charge >= 0.3 is 0 Å². The summed E-state index contributed by atoms with van der Waals surface area (Å²) in [6.07, 6.45) is 3.48. The van der Waals surface area contributed by atoms with Gasteiger partial charge in [0.1, 0.15) is 10.7 Å². The van der Waals surface area contributed by atoms with E-state index in [9.17, 15) is 21.6 Å². The minimum atomic E-state index is -3.89. The zero-order chi connectivity index (χ0) is 23.1. The normalized spacial score (nSPS) is 18.6. The molecule has 11 heteroatoms. The predicted octanol–water partition coefficient (Wildman–Crippen LogP) is 2.31. The van der Waals surface area contributed by atoms with Gasteiger partial charge in [-0.3, -0.25) is 4.79 Å². The van der Waals surface area contributed by atoms with Crippen molar-refractivity contribution in [2.24, 2.45) is 9.54 Å². The molecule has 0 radical (unpaired) electrons. The van der Waals surface area contributed by atoms with E-state index in [1.165, 1.54) is 18.2 Å². The number of amides is 1. The van der Waals surface area contributed by atoms with Crippen LogP contribution >= 0.6 is 0 Å². The number of nitrogens with two attached hydrogens (primary N) is 1. The number of anilines is 1. The first-order chi connectivity index (χ1) is 15.1. The van der Waals surface area contributed by atoms with Gasteiger partial charge in [0.05, 0.1) is 16.6 Å². The summed E-state index contributed by atoms with van der Waals surface area (Å²) in [5.41, 5.74) is 1.43. The summed E-state index contributed by atoms with van der Waals surface area (Å²) in [6, 6.07) is 10.1. The second-order valence-electron chi connectivity index (χ2n) is 7.94. The van der Waals surface area contributed by atoms with Gasteiger partial charge in [0.2, 0.25) is 10.0 Å². The molecule has 4 rings (SSSR count). The van der Waals surface area contributed by atoms with Gasteiger partial charge in [-0.05, 0) is 55.7 Å². The lowest BCUT2D eigenvalue weighted by molar-refractivity contribution is 0.0939. The van der Waals surface area contributed by atoms with E-state index in [1.54, 1.807) is 31.2 Å². The van der Waals surface area contributed by atoms with E-state index in [4.69, 9.17) is 5.14 Å². The van der Waals surface area contributed by atoms with E-state index >= 15 is 0 Å². The summed E-state index contributed by atoms with van der Waals surface area (Å²) >= 11 is 0. The Morgan fingerprint density at radius 3 is 2.53 bits per heavy atom. The Kier molecular flexibility index (Phi) is 5.82. The fourth-order valence-corrected chi connectivity index (χ4v) is 5.73. The fraction of sp³-hybridized carbons (Fsp3) is 0.333. The molecule has 1 atom stereocenters. The Hall–Kier alpha value is -2.76. The molecule has 3 N–H and O–H groups in total. The van der Waals surface area contributed by atoms with E-state index in [2.05, 4.69) is 9.71 Å². The fourth-order valence-electron chi connectivity index (χ4n) is 3.93. The third-order valence-corrected chi connectivity index (χ3v) is 7.93. The maximum Gasteiger partial charge on any atom is 0.286 e. The second-order valence-corrected chi connectivity index (χ2v) is 11.1. The summed E-state index contributed by atoms with van der Waals surface area (Å²) in [5.74, 6) is 0.112. The van der Waals surface area contributed by atoms with Crippen molar-refractivity contribution < 1.29 is 21.6 Å². The molecule has 1 amide bonds. The molecular formula is C21H24N4O5S2. The van der Waals surface area contributed by atoms with Crippen LogP contribution < -0.4 is 15.4 Å². The van der Waals surface area contributed by atoms with Gasteiger partial charge in [0.25, 0.3) is 15.9 Å². The molecule has 0 unspecified atom stereocenters. The number of rotatable bonds is 4. The maximum atomic E-state index is 12.8. The second kappa shape index (κ2) is 8.30. The molecule has 2 aliphatic rings. The molecule has 2 aromatic carbocycles. The van der Waals surface area contributed by atoms with Crippen LogP contribution in [-0.2, 0) is 20.0 Å². The Labute approximate surface area is 187 Å². The molecule has 0 saturated carbocycles. The van der Waals surface area contributed by atoms with Crippen LogP contribution in [0, 0.1) is 0 Å². The highest BCUT2D eigenvalue weighted by Crippen LogP contribution is 2.35. The van der Waals surface area contributed by atoms with Crippen LogP contribution in [0.1, 0.15) is 54.6 Å². The molecule has 0 aliphatic carbocycles. The van der Waals surface area contributed by atoms with Crippen molar-refractivity contribution in [2.75, 3.05) is 11.4 Å². The SMILES string of the molecule is C[C@H](NC(=O)c1ccc2c(c1)S(=O)(=O)N=C1CCCCCN12)c1ccc(S(N)(=O)=O)cc1. The van der Waals surface area contributed by atoms with Crippen LogP contribution in [0.5, 0.6) is 0 Å². The number of carbonyl (C=O) groups excluding carboxylic acids is 1. The highest BCUT2D eigenvalue weighted by Gasteiger charge is 2.32. The van der Waals surface area contributed by atoms with Gasteiger partial charge in [0.15, 0.2) is 0 Å². The lowest BCUT2D eigenvalue weighted by Crippen LogP contribution is -2.35. The minimum absolute atomic E-state index is 0.0203. The van der Waals surface area contributed by atoms with Crippen LogP contribution in [-0.4, -0.2) is 35.1 Å². The maximum absolute atomic E-state index is 12.8. The Morgan fingerprint density at radius 2 is 1.84 bits per heavy atom. The summed E-state index contributed by atoms with van der Waals surface area (Å²) < 4.78 is 52.3. The number of primary sulfonamides is 1. The topological polar surface area (TPSA) is 139 Å². The van der Waals surface area contributed by atoms with Gasteiger partial charge < -0.3 is 10.2 Å². The van der Waals surface area contributed by atoms with Gasteiger partial charge in [-0.2, -0.15) is 8.42 Å². The molecule has 9 nitrogen and oxygen atoms in total. The first kappa shape index (κ1) is 22.4. The van der Waals surface area contributed by atoms with E-state index in [1.807, 2.05) is 4.90 Å². The average molecular weight is 477 g/mol. The number of hydrogen-bond donors (Lipinski definition) is 2. The Morgan fingerprint density at radius 1 is 1.12 bits per heavy atom. The first-order valence-corrected chi connectivity index (χ1v) is 13.2. The van der Waals surface area contributed by atoms with Gasteiger partial charge in [-0.15, -0.1) is 4.40 Å². The van der Waals surface area contributed by atoms with E-state index < -0.39 is 32.0 Å². The van der Waals surface area contributed by atoms with Crippen LogP contribution in [0.2, 0.25) is 0 Å². The highest BCUT2D eigenvalue weighted by atomic mass is 32.2. The zero-order valence-corrected chi connectivity index (χ0v) is 19.1. The lowest BCUT2D eigenvalue weighted by Gasteiger charge is -2.29. The summed E-state index contributed by atoms with van der Waals surface area (Å²) in [6.45, 7) is 2.44. The largest absolute Gasteiger partial charge is 0.346 e. The molecule has 32 heavy (non-hydrogen) atoms. The minimum Gasteiger partial charge on any atom is -0.346 e. The van der Waals surface area contributed by atoms with Crippen LogP contribution in [0.3, 0.4) is 0 Å². The molecule has 2 heterocycles. The van der Waals surface area contributed by atoms with E-state index in [0.717, 1.165) is 19.3 Å². The number of amidine groups is 1. The molecule has 0 bridgehead atoms. The van der Waals surface area contributed by atoms with Crippen molar-refractivity contribution in [3.63, 3.8) is 0 Å². The van der Waals surface area contributed by atoms with Crippen LogP contribution in [0.15, 0.2) is 56.7 Å². The number of nitrogens with zero attached hydrogens (tertiary/aromatic N) is 2. The van der Waals surface area contributed by atoms with E-state index in [0.29, 0.717) is 30.1 Å². The third kappa shape index (κ3) is 4.41. The Bertz CT molecular complexity index is 1300. The molecule has 170 valence electrons. The number of nitrogens with one attached hydrogen (secondary N) is 1. The summed E-state index contributed by atoms with van der Waals surface area (Å²) in [7, 11) is -7.69. The number of hydrogen-bond acceptors (Lipinski definition) is 6. The number of sulfonamides is 2. The molecular weight excluding hydrogens is 452 g/mol. The van der Waals surface area contributed by atoms with Crippen molar-refractivity contribution in [1.82, 2.24) is 5.32 Å². The van der Waals surface area contributed by atoms with Crippen molar-refractivity contribution in [3.8, 4) is 0 Å². The van der Waals surface area contributed by atoms with Crippen molar-refractivity contribution in [2.45, 2.75) is 48.4 Å². The molecule has 1 fully saturated rings. The van der Waals surface area contributed by atoms with Crippen LogP contribution in [0.4, 0.5) is 5.69 Å².